The zero-order valence-corrected chi connectivity index (χ0v) is 17.1. The van der Waals surface area contributed by atoms with Crippen molar-refractivity contribution in [3.8, 4) is 11.3 Å². The second kappa shape index (κ2) is 9.63. The predicted octanol–water partition coefficient (Wildman–Crippen LogP) is 5.01. The van der Waals surface area contributed by atoms with Crippen LogP contribution in [0.25, 0.3) is 11.3 Å². The minimum Gasteiger partial charge on any atom is -0.392 e. The van der Waals surface area contributed by atoms with Gasteiger partial charge in [0, 0.05) is 11.1 Å². The molecule has 1 heterocycles. The normalized spacial score (nSPS) is 14.4. The Kier molecular flexibility index (Phi) is 6.50. The number of aromatic nitrogens is 2. The second-order valence-corrected chi connectivity index (χ2v) is 7.93. The van der Waals surface area contributed by atoms with E-state index < -0.39 is 0 Å². The fourth-order valence-electron chi connectivity index (χ4n) is 4.03. The number of aliphatic hydroxyl groups excluding tert-OH is 1. The summed E-state index contributed by atoms with van der Waals surface area (Å²) < 4.78 is 0. The van der Waals surface area contributed by atoms with Gasteiger partial charge in [-0.1, -0.05) is 74.6 Å². The van der Waals surface area contributed by atoms with Gasteiger partial charge >= 0.3 is 0 Å². The maximum atomic E-state index is 12.7. The SMILES string of the molecule is O=C(Nc1ncc(-c2ccc(CO)cc2)nc1CC1CCCCC1)c1ccccc1. The molecule has 2 aromatic carbocycles. The standard InChI is InChI=1S/C25H27N3O2/c29-17-19-11-13-20(14-12-19)23-16-26-24(28-25(30)21-9-5-2-6-10-21)22(27-23)15-18-7-3-1-4-8-18/h2,5-6,9-14,16,18,29H,1,3-4,7-8,15,17H2,(H,26,28,30). The first-order chi connectivity index (χ1) is 14.7. The molecule has 0 saturated heterocycles. The van der Waals surface area contributed by atoms with Crippen molar-refractivity contribution in [1.29, 1.82) is 0 Å². The van der Waals surface area contributed by atoms with Crippen molar-refractivity contribution in [3.05, 3.63) is 77.6 Å². The van der Waals surface area contributed by atoms with E-state index in [0.29, 0.717) is 17.3 Å². The molecule has 0 aliphatic heterocycles. The maximum absolute atomic E-state index is 12.7. The molecule has 3 aromatic rings. The number of carbonyl (C=O) groups excluding carboxylic acids is 1. The van der Waals surface area contributed by atoms with Crippen LogP contribution >= 0.6 is 0 Å². The van der Waals surface area contributed by atoms with Gasteiger partial charge in [-0.2, -0.15) is 0 Å². The van der Waals surface area contributed by atoms with Crippen LogP contribution in [0.2, 0.25) is 0 Å². The highest BCUT2D eigenvalue weighted by atomic mass is 16.3. The molecule has 1 aliphatic carbocycles. The number of nitrogens with one attached hydrogen (secondary N) is 1. The quantitative estimate of drug-likeness (QED) is 0.609. The van der Waals surface area contributed by atoms with Gasteiger partial charge in [-0.15, -0.1) is 0 Å². The van der Waals surface area contributed by atoms with Crippen molar-refractivity contribution in [3.63, 3.8) is 0 Å². The van der Waals surface area contributed by atoms with E-state index in [1.54, 1.807) is 18.3 Å². The molecule has 1 fully saturated rings. The summed E-state index contributed by atoms with van der Waals surface area (Å²) in [6, 6.07) is 16.9. The molecule has 0 bridgehead atoms. The molecule has 1 amide bonds. The summed E-state index contributed by atoms with van der Waals surface area (Å²) in [6.45, 7) is 0.0172. The maximum Gasteiger partial charge on any atom is 0.256 e. The first kappa shape index (κ1) is 20.2. The lowest BCUT2D eigenvalue weighted by Gasteiger charge is -2.22. The van der Waals surface area contributed by atoms with E-state index in [1.807, 2.05) is 42.5 Å². The molecule has 0 spiro atoms. The number of rotatable bonds is 6. The number of hydrogen-bond acceptors (Lipinski definition) is 4. The van der Waals surface area contributed by atoms with Gasteiger partial charge in [0.2, 0.25) is 0 Å². The molecule has 1 aliphatic rings. The topological polar surface area (TPSA) is 75.1 Å². The Labute approximate surface area is 177 Å². The average Bonchev–Trinajstić information content (AvgIpc) is 2.81. The highest BCUT2D eigenvalue weighted by Crippen LogP contribution is 2.29. The molecule has 5 nitrogen and oxygen atoms in total. The van der Waals surface area contributed by atoms with Gasteiger partial charge in [0.25, 0.3) is 5.91 Å². The molecule has 30 heavy (non-hydrogen) atoms. The smallest absolute Gasteiger partial charge is 0.256 e. The van der Waals surface area contributed by atoms with Crippen molar-refractivity contribution in [2.75, 3.05) is 5.32 Å². The molecular formula is C25H27N3O2. The van der Waals surface area contributed by atoms with E-state index >= 15 is 0 Å². The van der Waals surface area contributed by atoms with Crippen LogP contribution in [-0.4, -0.2) is 21.0 Å². The van der Waals surface area contributed by atoms with Gasteiger partial charge in [-0.3, -0.25) is 4.79 Å². The van der Waals surface area contributed by atoms with Gasteiger partial charge < -0.3 is 10.4 Å². The molecule has 0 radical (unpaired) electrons. The Balaban J connectivity index is 1.62. The Morgan fingerprint density at radius 3 is 2.43 bits per heavy atom. The van der Waals surface area contributed by atoms with Crippen LogP contribution in [0.15, 0.2) is 60.8 Å². The van der Waals surface area contributed by atoms with Gasteiger partial charge in [0.1, 0.15) is 0 Å². The number of aliphatic hydroxyl groups is 1. The van der Waals surface area contributed by atoms with Crippen LogP contribution in [0.3, 0.4) is 0 Å². The predicted molar refractivity (Wildman–Crippen MR) is 118 cm³/mol. The van der Waals surface area contributed by atoms with E-state index in [-0.39, 0.29) is 12.5 Å². The molecule has 2 N–H and O–H groups in total. The number of carbonyl (C=O) groups is 1. The Hall–Kier alpha value is -3.05. The summed E-state index contributed by atoms with van der Waals surface area (Å²) in [5.41, 5.74) is 4.04. The number of hydrogen-bond donors (Lipinski definition) is 2. The number of nitrogens with zero attached hydrogens (tertiary/aromatic N) is 2. The number of benzene rings is 2. The van der Waals surface area contributed by atoms with E-state index in [4.69, 9.17) is 4.98 Å². The number of anilines is 1. The Morgan fingerprint density at radius 2 is 1.73 bits per heavy atom. The van der Waals surface area contributed by atoms with Crippen molar-refractivity contribution in [2.24, 2.45) is 5.92 Å². The van der Waals surface area contributed by atoms with Crippen LogP contribution in [-0.2, 0) is 13.0 Å². The van der Waals surface area contributed by atoms with Crippen molar-refractivity contribution in [1.82, 2.24) is 9.97 Å². The summed E-state index contributed by atoms with van der Waals surface area (Å²) in [5, 5.41) is 12.2. The highest BCUT2D eigenvalue weighted by molar-refractivity contribution is 6.04. The van der Waals surface area contributed by atoms with Crippen molar-refractivity contribution >= 4 is 11.7 Å². The van der Waals surface area contributed by atoms with Crippen LogP contribution in [0.5, 0.6) is 0 Å². The largest absolute Gasteiger partial charge is 0.392 e. The van der Waals surface area contributed by atoms with Crippen LogP contribution in [0.4, 0.5) is 5.82 Å². The second-order valence-electron chi connectivity index (χ2n) is 7.93. The number of amides is 1. The first-order valence-electron chi connectivity index (χ1n) is 10.7. The molecule has 1 aromatic heterocycles. The van der Waals surface area contributed by atoms with Gasteiger partial charge in [-0.05, 0) is 30.0 Å². The average molecular weight is 402 g/mol. The molecule has 154 valence electrons. The van der Waals surface area contributed by atoms with Crippen molar-refractivity contribution in [2.45, 2.75) is 45.1 Å². The molecule has 1 saturated carbocycles. The third kappa shape index (κ3) is 4.92. The molecule has 5 heteroatoms. The van der Waals surface area contributed by atoms with E-state index in [1.165, 1.54) is 32.1 Å². The van der Waals surface area contributed by atoms with Crippen LogP contribution in [0.1, 0.15) is 53.7 Å². The zero-order valence-electron chi connectivity index (χ0n) is 17.1. The summed E-state index contributed by atoms with van der Waals surface area (Å²) in [7, 11) is 0. The molecule has 0 atom stereocenters. The van der Waals surface area contributed by atoms with Gasteiger partial charge in [-0.25, -0.2) is 9.97 Å². The van der Waals surface area contributed by atoms with E-state index in [0.717, 1.165) is 28.9 Å². The van der Waals surface area contributed by atoms with Gasteiger partial charge in [0.05, 0.1) is 24.2 Å². The van der Waals surface area contributed by atoms with E-state index in [2.05, 4.69) is 10.3 Å². The monoisotopic (exact) mass is 401 g/mol. The van der Waals surface area contributed by atoms with Gasteiger partial charge in [0.15, 0.2) is 5.82 Å². The summed E-state index contributed by atoms with van der Waals surface area (Å²) >= 11 is 0. The fourth-order valence-corrected chi connectivity index (χ4v) is 4.03. The third-order valence-electron chi connectivity index (χ3n) is 5.75. The molecule has 0 unspecified atom stereocenters. The van der Waals surface area contributed by atoms with Crippen molar-refractivity contribution < 1.29 is 9.90 Å². The lowest BCUT2D eigenvalue weighted by atomic mass is 9.86. The summed E-state index contributed by atoms with van der Waals surface area (Å²) in [4.78, 5) is 22.2. The Bertz CT molecular complexity index is 981. The molecular weight excluding hydrogens is 374 g/mol. The Morgan fingerprint density at radius 1 is 1.00 bits per heavy atom. The fraction of sp³-hybridized carbons (Fsp3) is 0.320. The minimum atomic E-state index is -0.171. The van der Waals surface area contributed by atoms with Crippen LogP contribution < -0.4 is 5.32 Å². The first-order valence-corrected chi connectivity index (χ1v) is 10.7. The summed E-state index contributed by atoms with van der Waals surface area (Å²) in [5.74, 6) is 0.951. The lowest BCUT2D eigenvalue weighted by molar-refractivity contribution is 0.102. The van der Waals surface area contributed by atoms with Crippen LogP contribution in [0, 0.1) is 5.92 Å². The molecule has 4 rings (SSSR count). The lowest BCUT2D eigenvalue weighted by Crippen LogP contribution is -2.18. The van der Waals surface area contributed by atoms with E-state index in [9.17, 15) is 9.90 Å². The minimum absolute atomic E-state index is 0.0172. The summed E-state index contributed by atoms with van der Waals surface area (Å²) in [6.07, 6.45) is 8.74. The highest BCUT2D eigenvalue weighted by Gasteiger charge is 2.19. The zero-order chi connectivity index (χ0) is 20.8. The third-order valence-corrected chi connectivity index (χ3v) is 5.75.